The Morgan fingerprint density at radius 1 is 0.725 bits per heavy atom. The number of hydrogen-bond acceptors (Lipinski definition) is 7. The molecule has 9 heteroatoms. The van der Waals surface area contributed by atoms with E-state index in [0.29, 0.717) is 16.8 Å². The Balaban J connectivity index is 1.48. The third kappa shape index (κ3) is 7.48. The number of nitrogens with one attached hydrogen (secondary N) is 2. The van der Waals surface area contributed by atoms with E-state index in [4.69, 9.17) is 9.47 Å². The molecule has 0 aromatic heterocycles. The standard InChI is InChI=1S/C31H25N3O6/c1-2-21-13-16-25(17-14-21)33-28(35)29(36)34-32-20-24-15-18-26(39-30(37)22-9-5-3-6-10-22)19-27(24)40-31(38)23-11-7-4-8-12-23/h3-20H,2H2,1H3,(H,33,35)(H,34,36)/b32-20-. The lowest BCUT2D eigenvalue weighted by Gasteiger charge is -2.10. The van der Waals surface area contributed by atoms with Crippen molar-refractivity contribution in [1.82, 2.24) is 5.43 Å². The number of rotatable bonds is 8. The average molecular weight is 536 g/mol. The average Bonchev–Trinajstić information content (AvgIpc) is 2.99. The third-order valence-corrected chi connectivity index (χ3v) is 5.61. The molecule has 0 saturated heterocycles. The molecule has 0 aliphatic carbocycles. The van der Waals surface area contributed by atoms with Gasteiger partial charge in [-0.25, -0.2) is 15.0 Å². The normalized spacial score (nSPS) is 10.5. The minimum atomic E-state index is -0.993. The van der Waals surface area contributed by atoms with Gasteiger partial charge < -0.3 is 14.8 Å². The summed E-state index contributed by atoms with van der Waals surface area (Å²) >= 11 is 0. The van der Waals surface area contributed by atoms with Crippen molar-refractivity contribution in [2.45, 2.75) is 13.3 Å². The van der Waals surface area contributed by atoms with Crippen LogP contribution in [0.3, 0.4) is 0 Å². The van der Waals surface area contributed by atoms with Crippen molar-refractivity contribution in [1.29, 1.82) is 0 Å². The second-order valence-corrected chi connectivity index (χ2v) is 8.41. The quantitative estimate of drug-likeness (QED) is 0.110. The van der Waals surface area contributed by atoms with E-state index >= 15 is 0 Å². The van der Waals surface area contributed by atoms with Gasteiger partial charge in [0.15, 0.2) is 0 Å². The molecule has 4 aromatic carbocycles. The fraction of sp³-hybridized carbons (Fsp3) is 0.0645. The summed E-state index contributed by atoms with van der Waals surface area (Å²) in [4.78, 5) is 49.7. The summed E-state index contributed by atoms with van der Waals surface area (Å²) in [5.74, 6) is -3.00. The van der Waals surface area contributed by atoms with Crippen LogP contribution in [-0.2, 0) is 16.0 Å². The Hall–Kier alpha value is -5.57. The van der Waals surface area contributed by atoms with Gasteiger partial charge in [-0.15, -0.1) is 0 Å². The molecule has 2 amide bonds. The minimum absolute atomic E-state index is 0.0191. The Morgan fingerprint density at radius 2 is 1.32 bits per heavy atom. The Bertz CT molecular complexity index is 1530. The molecule has 0 saturated carbocycles. The van der Waals surface area contributed by atoms with E-state index in [1.54, 1.807) is 72.8 Å². The fourth-order valence-corrected chi connectivity index (χ4v) is 3.47. The Kier molecular flexibility index (Phi) is 9.13. The molecule has 200 valence electrons. The van der Waals surface area contributed by atoms with Crippen LogP contribution in [0.2, 0.25) is 0 Å². The molecule has 0 heterocycles. The predicted octanol–water partition coefficient (Wildman–Crippen LogP) is 4.78. The van der Waals surface area contributed by atoms with Crippen molar-refractivity contribution >= 4 is 35.7 Å². The summed E-state index contributed by atoms with van der Waals surface area (Å²) in [6, 6.07) is 28.2. The van der Waals surface area contributed by atoms with E-state index in [2.05, 4.69) is 15.8 Å². The number of esters is 2. The number of aryl methyl sites for hydroxylation is 1. The van der Waals surface area contributed by atoms with E-state index in [1.165, 1.54) is 24.4 Å². The first kappa shape index (κ1) is 27.5. The molecule has 0 bridgehead atoms. The summed E-state index contributed by atoms with van der Waals surface area (Å²) in [5.41, 5.74) is 4.63. The number of anilines is 1. The number of carbonyl (C=O) groups is 4. The number of amides is 2. The SMILES string of the molecule is CCc1ccc(NC(=O)C(=O)N/N=C\c2ccc(OC(=O)c3ccccc3)cc2OC(=O)c2ccccc2)cc1. The highest BCUT2D eigenvalue weighted by molar-refractivity contribution is 6.39. The van der Waals surface area contributed by atoms with Gasteiger partial charge in [0.05, 0.1) is 17.3 Å². The van der Waals surface area contributed by atoms with Crippen LogP contribution in [0, 0.1) is 0 Å². The van der Waals surface area contributed by atoms with E-state index in [-0.39, 0.29) is 17.1 Å². The topological polar surface area (TPSA) is 123 Å². The van der Waals surface area contributed by atoms with Crippen LogP contribution in [0.25, 0.3) is 0 Å². The Morgan fingerprint density at radius 3 is 1.93 bits per heavy atom. The molecule has 0 atom stereocenters. The monoisotopic (exact) mass is 535 g/mol. The number of carbonyl (C=O) groups excluding carboxylic acids is 4. The summed E-state index contributed by atoms with van der Waals surface area (Å²) in [5, 5.41) is 6.32. The highest BCUT2D eigenvalue weighted by Gasteiger charge is 2.16. The van der Waals surface area contributed by atoms with E-state index in [9.17, 15) is 19.2 Å². The molecule has 4 rings (SSSR count). The second kappa shape index (κ2) is 13.3. The molecule has 40 heavy (non-hydrogen) atoms. The summed E-state index contributed by atoms with van der Waals surface area (Å²) in [7, 11) is 0. The van der Waals surface area contributed by atoms with Gasteiger partial charge in [0, 0.05) is 17.3 Å². The molecular weight excluding hydrogens is 510 g/mol. The number of hydrazone groups is 1. The molecule has 0 aliphatic heterocycles. The van der Waals surface area contributed by atoms with Crippen LogP contribution in [0.4, 0.5) is 5.69 Å². The summed E-state index contributed by atoms with van der Waals surface area (Å²) < 4.78 is 11.0. The molecule has 0 spiro atoms. The van der Waals surface area contributed by atoms with Crippen LogP contribution < -0.4 is 20.2 Å². The molecule has 2 N–H and O–H groups in total. The van der Waals surface area contributed by atoms with Crippen molar-refractivity contribution in [2.24, 2.45) is 5.10 Å². The number of ether oxygens (including phenoxy) is 2. The van der Waals surface area contributed by atoms with E-state index < -0.39 is 23.8 Å². The van der Waals surface area contributed by atoms with Crippen molar-refractivity contribution in [3.8, 4) is 11.5 Å². The molecule has 0 unspecified atom stereocenters. The number of benzene rings is 4. The number of nitrogens with zero attached hydrogens (tertiary/aromatic N) is 1. The largest absolute Gasteiger partial charge is 0.423 e. The van der Waals surface area contributed by atoms with Gasteiger partial charge in [0.1, 0.15) is 11.5 Å². The lowest BCUT2D eigenvalue weighted by Crippen LogP contribution is -2.32. The highest BCUT2D eigenvalue weighted by Crippen LogP contribution is 2.26. The zero-order valence-electron chi connectivity index (χ0n) is 21.5. The first-order valence-electron chi connectivity index (χ1n) is 12.3. The van der Waals surface area contributed by atoms with Crippen molar-refractivity contribution in [2.75, 3.05) is 5.32 Å². The highest BCUT2D eigenvalue weighted by atomic mass is 16.5. The maximum atomic E-state index is 12.7. The van der Waals surface area contributed by atoms with Crippen LogP contribution in [0.1, 0.15) is 38.8 Å². The molecule has 0 aliphatic rings. The molecule has 9 nitrogen and oxygen atoms in total. The van der Waals surface area contributed by atoms with Crippen LogP contribution in [0.15, 0.2) is 108 Å². The lowest BCUT2D eigenvalue weighted by molar-refractivity contribution is -0.136. The van der Waals surface area contributed by atoms with Crippen LogP contribution in [0.5, 0.6) is 11.5 Å². The summed E-state index contributed by atoms with van der Waals surface area (Å²) in [6.07, 6.45) is 2.06. The Labute approximate surface area is 230 Å². The predicted molar refractivity (Wildman–Crippen MR) is 149 cm³/mol. The molecule has 0 radical (unpaired) electrons. The van der Waals surface area contributed by atoms with Gasteiger partial charge in [-0.1, -0.05) is 55.5 Å². The molecule has 0 fully saturated rings. The second-order valence-electron chi connectivity index (χ2n) is 8.41. The first-order chi connectivity index (χ1) is 19.4. The van der Waals surface area contributed by atoms with Gasteiger partial charge in [0.25, 0.3) is 0 Å². The van der Waals surface area contributed by atoms with E-state index in [0.717, 1.165) is 12.0 Å². The fourth-order valence-electron chi connectivity index (χ4n) is 3.47. The van der Waals surface area contributed by atoms with Gasteiger partial charge in [-0.3, -0.25) is 9.59 Å². The van der Waals surface area contributed by atoms with Gasteiger partial charge >= 0.3 is 23.8 Å². The van der Waals surface area contributed by atoms with Gasteiger partial charge in [0.2, 0.25) is 0 Å². The van der Waals surface area contributed by atoms with Crippen LogP contribution in [-0.4, -0.2) is 30.0 Å². The minimum Gasteiger partial charge on any atom is -0.423 e. The first-order valence-corrected chi connectivity index (χ1v) is 12.3. The van der Waals surface area contributed by atoms with E-state index in [1.807, 2.05) is 19.1 Å². The van der Waals surface area contributed by atoms with Crippen molar-refractivity contribution in [3.63, 3.8) is 0 Å². The third-order valence-electron chi connectivity index (χ3n) is 5.61. The maximum Gasteiger partial charge on any atom is 0.343 e. The van der Waals surface area contributed by atoms with Crippen molar-refractivity contribution < 1.29 is 28.7 Å². The molecular formula is C31H25N3O6. The zero-order chi connectivity index (χ0) is 28.3. The smallest absolute Gasteiger partial charge is 0.343 e. The van der Waals surface area contributed by atoms with Gasteiger partial charge in [-0.2, -0.15) is 5.10 Å². The van der Waals surface area contributed by atoms with Gasteiger partial charge in [-0.05, 0) is 60.5 Å². The summed E-state index contributed by atoms with van der Waals surface area (Å²) in [6.45, 7) is 2.01. The number of hydrogen-bond donors (Lipinski definition) is 2. The molecule has 4 aromatic rings. The van der Waals surface area contributed by atoms with Crippen LogP contribution >= 0.6 is 0 Å². The van der Waals surface area contributed by atoms with Crippen molar-refractivity contribution in [3.05, 3.63) is 125 Å². The lowest BCUT2D eigenvalue weighted by atomic mass is 10.1. The zero-order valence-corrected chi connectivity index (χ0v) is 21.5. The maximum absolute atomic E-state index is 12.7.